The van der Waals surface area contributed by atoms with Crippen molar-refractivity contribution in [1.29, 1.82) is 0 Å². The van der Waals surface area contributed by atoms with Crippen molar-refractivity contribution in [2.45, 2.75) is 43.8 Å². The quantitative estimate of drug-likeness (QED) is 0.606. The minimum atomic E-state index is -0.174. The molecule has 1 saturated carbocycles. The maximum absolute atomic E-state index is 6.81. The molecule has 1 aliphatic carbocycles. The van der Waals surface area contributed by atoms with Crippen LogP contribution in [0, 0.1) is 5.92 Å². The Balaban J connectivity index is 1.42. The Bertz CT molecular complexity index is 820. The highest BCUT2D eigenvalue weighted by molar-refractivity contribution is 6.34. The predicted octanol–water partition coefficient (Wildman–Crippen LogP) is 6.20. The molecule has 1 spiro atoms. The summed E-state index contributed by atoms with van der Waals surface area (Å²) in [5.74, 6) is 0.928. The van der Waals surface area contributed by atoms with Crippen molar-refractivity contribution in [3.05, 3.63) is 69.2 Å². The van der Waals surface area contributed by atoms with Gasteiger partial charge in [0, 0.05) is 29.7 Å². The smallest absolute Gasteiger partial charge is 0.109 e. The molecule has 2 heterocycles. The minimum Gasteiger partial charge on any atom is -0.358 e. The molecule has 27 heavy (non-hydrogen) atoms. The van der Waals surface area contributed by atoms with Crippen LogP contribution in [-0.2, 0) is 10.3 Å². The molecule has 1 unspecified atom stereocenters. The minimum absolute atomic E-state index is 0.0874. The van der Waals surface area contributed by atoms with E-state index in [0.29, 0.717) is 10.0 Å². The SMILES string of the molecule is Clc1cc(Cl)cc(C2OC3(CCN(CC4CCC4)CC3)c3ccccc32)c1. The van der Waals surface area contributed by atoms with Crippen LogP contribution in [0.2, 0.25) is 10.0 Å². The van der Waals surface area contributed by atoms with Crippen LogP contribution in [0.3, 0.4) is 0 Å². The van der Waals surface area contributed by atoms with Crippen molar-refractivity contribution >= 4 is 23.2 Å². The van der Waals surface area contributed by atoms with Crippen LogP contribution in [0.4, 0.5) is 0 Å². The topological polar surface area (TPSA) is 12.5 Å². The molecule has 0 radical (unpaired) electrons. The lowest BCUT2D eigenvalue weighted by Gasteiger charge is -2.42. The number of nitrogens with zero attached hydrogens (tertiary/aromatic N) is 1. The summed E-state index contributed by atoms with van der Waals surface area (Å²) in [6.07, 6.45) is 6.28. The van der Waals surface area contributed by atoms with E-state index in [1.165, 1.54) is 36.9 Å². The van der Waals surface area contributed by atoms with Crippen LogP contribution < -0.4 is 0 Å². The largest absolute Gasteiger partial charge is 0.358 e. The van der Waals surface area contributed by atoms with Crippen LogP contribution in [-0.4, -0.2) is 24.5 Å². The predicted molar refractivity (Wildman–Crippen MR) is 111 cm³/mol. The number of piperidine rings is 1. The summed E-state index contributed by atoms with van der Waals surface area (Å²) >= 11 is 12.5. The fourth-order valence-electron chi connectivity index (χ4n) is 4.99. The van der Waals surface area contributed by atoms with Gasteiger partial charge in [-0.1, -0.05) is 53.9 Å². The first-order valence-electron chi connectivity index (χ1n) is 10.1. The third kappa shape index (κ3) is 3.31. The van der Waals surface area contributed by atoms with E-state index in [4.69, 9.17) is 27.9 Å². The van der Waals surface area contributed by atoms with E-state index in [1.54, 1.807) is 6.07 Å². The van der Waals surface area contributed by atoms with E-state index in [-0.39, 0.29) is 11.7 Å². The number of hydrogen-bond donors (Lipinski definition) is 0. The second-order valence-electron chi connectivity index (χ2n) is 8.38. The molecule has 0 aromatic heterocycles. The first kappa shape index (κ1) is 18.0. The third-order valence-electron chi connectivity index (χ3n) is 6.67. The monoisotopic (exact) mass is 401 g/mol. The zero-order valence-electron chi connectivity index (χ0n) is 15.5. The van der Waals surface area contributed by atoms with Crippen LogP contribution in [0.25, 0.3) is 0 Å². The molecule has 0 amide bonds. The standard InChI is InChI=1S/C23H25Cl2NO/c24-18-12-17(13-19(25)14-18)22-20-6-1-2-7-21(20)23(27-22)8-10-26(11-9-23)15-16-4-3-5-16/h1-2,6-7,12-14,16,22H,3-5,8-11,15H2. The van der Waals surface area contributed by atoms with Gasteiger partial charge in [-0.15, -0.1) is 0 Å². The molecule has 0 bridgehead atoms. The molecule has 1 atom stereocenters. The highest BCUT2D eigenvalue weighted by Gasteiger charge is 2.47. The third-order valence-corrected chi connectivity index (χ3v) is 7.11. The summed E-state index contributed by atoms with van der Waals surface area (Å²) in [6, 6.07) is 14.4. The van der Waals surface area contributed by atoms with Gasteiger partial charge in [-0.25, -0.2) is 0 Å². The summed E-state index contributed by atoms with van der Waals surface area (Å²) < 4.78 is 6.81. The maximum Gasteiger partial charge on any atom is 0.109 e. The van der Waals surface area contributed by atoms with E-state index in [1.807, 2.05) is 12.1 Å². The summed E-state index contributed by atoms with van der Waals surface area (Å²) in [5.41, 5.74) is 3.50. The van der Waals surface area contributed by atoms with E-state index >= 15 is 0 Å². The average Bonchev–Trinajstić information content (AvgIpc) is 2.94. The van der Waals surface area contributed by atoms with Gasteiger partial charge in [-0.05, 0) is 66.5 Å². The normalized spacial score (nSPS) is 24.7. The van der Waals surface area contributed by atoms with Crippen molar-refractivity contribution in [3.8, 4) is 0 Å². The van der Waals surface area contributed by atoms with Crippen LogP contribution >= 0.6 is 23.2 Å². The molecule has 3 aliphatic rings. The van der Waals surface area contributed by atoms with Gasteiger partial charge in [0.1, 0.15) is 6.10 Å². The fraction of sp³-hybridized carbons (Fsp3) is 0.478. The van der Waals surface area contributed by atoms with Gasteiger partial charge < -0.3 is 9.64 Å². The number of likely N-dealkylation sites (tertiary alicyclic amines) is 1. The molecule has 2 nitrogen and oxygen atoms in total. The maximum atomic E-state index is 6.81. The van der Waals surface area contributed by atoms with Gasteiger partial charge in [0.15, 0.2) is 0 Å². The van der Waals surface area contributed by atoms with Gasteiger partial charge in [0.05, 0.1) is 5.60 Å². The van der Waals surface area contributed by atoms with E-state index in [2.05, 4.69) is 29.2 Å². The number of halogens is 2. The average molecular weight is 402 g/mol. The molecule has 2 aromatic rings. The van der Waals surface area contributed by atoms with Gasteiger partial charge in [0.2, 0.25) is 0 Å². The second-order valence-corrected chi connectivity index (χ2v) is 9.25. The van der Waals surface area contributed by atoms with Crippen molar-refractivity contribution in [1.82, 2.24) is 4.90 Å². The molecule has 0 N–H and O–H groups in total. The molecular formula is C23H25Cl2NO. The Hall–Kier alpha value is -1.06. The Kier molecular flexibility index (Phi) is 4.72. The number of benzene rings is 2. The zero-order valence-corrected chi connectivity index (χ0v) is 17.0. The number of ether oxygens (including phenoxy) is 1. The van der Waals surface area contributed by atoms with Crippen molar-refractivity contribution in [2.24, 2.45) is 5.92 Å². The lowest BCUT2D eigenvalue weighted by molar-refractivity contribution is -0.0989. The van der Waals surface area contributed by atoms with Gasteiger partial charge in [-0.3, -0.25) is 0 Å². The zero-order chi connectivity index (χ0) is 18.4. The van der Waals surface area contributed by atoms with Crippen molar-refractivity contribution in [2.75, 3.05) is 19.6 Å². The summed E-state index contributed by atoms with van der Waals surface area (Å²) in [4.78, 5) is 2.64. The van der Waals surface area contributed by atoms with Gasteiger partial charge >= 0.3 is 0 Å². The molecule has 4 heteroatoms. The summed E-state index contributed by atoms with van der Waals surface area (Å²) in [7, 11) is 0. The number of hydrogen-bond acceptors (Lipinski definition) is 2. The Morgan fingerprint density at radius 1 is 1.00 bits per heavy atom. The van der Waals surface area contributed by atoms with Crippen LogP contribution in [0.5, 0.6) is 0 Å². The van der Waals surface area contributed by atoms with Crippen LogP contribution in [0.15, 0.2) is 42.5 Å². The summed E-state index contributed by atoms with van der Waals surface area (Å²) in [6.45, 7) is 3.51. The summed E-state index contributed by atoms with van der Waals surface area (Å²) in [5, 5.41) is 1.32. The molecule has 2 aromatic carbocycles. The highest BCUT2D eigenvalue weighted by Crippen LogP contribution is 2.51. The fourth-order valence-corrected chi connectivity index (χ4v) is 5.53. The van der Waals surface area contributed by atoms with Gasteiger partial charge in [-0.2, -0.15) is 0 Å². The lowest BCUT2D eigenvalue weighted by Crippen LogP contribution is -2.45. The number of rotatable bonds is 3. The lowest BCUT2D eigenvalue weighted by atomic mass is 9.81. The van der Waals surface area contributed by atoms with Gasteiger partial charge in [0.25, 0.3) is 0 Å². The first-order valence-corrected chi connectivity index (χ1v) is 10.8. The first-order chi connectivity index (χ1) is 13.1. The van der Waals surface area contributed by atoms with E-state index < -0.39 is 0 Å². The molecular weight excluding hydrogens is 377 g/mol. The highest BCUT2D eigenvalue weighted by atomic mass is 35.5. The second kappa shape index (κ2) is 7.08. The molecule has 1 saturated heterocycles. The molecule has 142 valence electrons. The van der Waals surface area contributed by atoms with Crippen molar-refractivity contribution in [3.63, 3.8) is 0 Å². The van der Waals surface area contributed by atoms with E-state index in [0.717, 1.165) is 37.4 Å². The molecule has 5 rings (SSSR count). The number of fused-ring (bicyclic) bond motifs is 2. The van der Waals surface area contributed by atoms with Crippen LogP contribution in [0.1, 0.15) is 54.9 Å². The molecule has 2 fully saturated rings. The molecule has 2 aliphatic heterocycles. The Morgan fingerprint density at radius 3 is 2.37 bits per heavy atom. The van der Waals surface area contributed by atoms with E-state index in [9.17, 15) is 0 Å². The Morgan fingerprint density at radius 2 is 1.70 bits per heavy atom. The Labute approximate surface area is 171 Å². The van der Waals surface area contributed by atoms with Crippen molar-refractivity contribution < 1.29 is 4.74 Å².